The first kappa shape index (κ1) is 16.2. The van der Waals surface area contributed by atoms with Gasteiger partial charge in [0.15, 0.2) is 0 Å². The molecule has 23 heavy (non-hydrogen) atoms. The number of rotatable bonds is 7. The summed E-state index contributed by atoms with van der Waals surface area (Å²) in [5.41, 5.74) is 0.613. The minimum atomic E-state index is -0.510. The van der Waals surface area contributed by atoms with Crippen LogP contribution in [0.3, 0.4) is 0 Å². The zero-order chi connectivity index (χ0) is 16.5. The molecule has 0 radical (unpaired) electrons. The number of anilines is 2. The molecule has 0 aliphatic rings. The third-order valence-corrected chi connectivity index (χ3v) is 2.84. The number of hydrogen-bond acceptors (Lipinski definition) is 6. The summed E-state index contributed by atoms with van der Waals surface area (Å²) in [7, 11) is 0. The number of carbonyl (C=O) groups excluding carboxylic acids is 1. The summed E-state index contributed by atoms with van der Waals surface area (Å²) in [6, 6.07) is 11.9. The van der Waals surface area contributed by atoms with Crippen molar-refractivity contribution < 1.29 is 14.5 Å². The summed E-state index contributed by atoms with van der Waals surface area (Å²) in [6.07, 6.45) is 1.26. The number of ether oxygens (including phenoxy) is 1. The molecule has 2 rings (SSSR count). The van der Waals surface area contributed by atoms with Crippen LogP contribution in [0, 0.1) is 10.1 Å². The largest absolute Gasteiger partial charge is 0.449 e. The highest BCUT2D eigenvalue weighted by atomic mass is 16.6. The molecule has 0 aliphatic carbocycles. The number of aromatic nitrogens is 1. The maximum absolute atomic E-state index is 11.5. The minimum Gasteiger partial charge on any atom is -0.449 e. The molecule has 0 saturated heterocycles. The maximum atomic E-state index is 11.5. The summed E-state index contributed by atoms with van der Waals surface area (Å²) in [5.74, 6) is 0.532. The van der Waals surface area contributed by atoms with Gasteiger partial charge >= 0.3 is 6.09 Å². The fourth-order valence-corrected chi connectivity index (χ4v) is 1.73. The Hall–Kier alpha value is -3.16. The van der Waals surface area contributed by atoms with Crippen molar-refractivity contribution in [3.8, 4) is 0 Å². The van der Waals surface area contributed by atoms with Gasteiger partial charge in [0.25, 0.3) is 5.69 Å². The number of amides is 1. The van der Waals surface area contributed by atoms with E-state index in [4.69, 9.17) is 4.74 Å². The van der Waals surface area contributed by atoms with Crippen molar-refractivity contribution in [2.75, 3.05) is 23.8 Å². The molecule has 2 aromatic rings. The monoisotopic (exact) mass is 316 g/mol. The third-order valence-electron chi connectivity index (χ3n) is 2.84. The van der Waals surface area contributed by atoms with Crippen molar-refractivity contribution in [3.05, 3.63) is 58.8 Å². The normalized spacial score (nSPS) is 9.91. The molecule has 8 heteroatoms. The van der Waals surface area contributed by atoms with Gasteiger partial charge in [-0.05, 0) is 24.6 Å². The first-order valence-electron chi connectivity index (χ1n) is 6.98. The predicted molar refractivity (Wildman–Crippen MR) is 85.4 cm³/mol. The Bertz CT molecular complexity index is 646. The van der Waals surface area contributed by atoms with Crippen LogP contribution in [0.1, 0.15) is 6.42 Å². The standard InChI is InChI=1S/C15H16N4O4/c20-15(18-12-5-2-1-3-6-12)23-10-4-9-16-14-8-7-13(11-17-14)19(21)22/h1-3,5-8,11H,4,9-10H2,(H,16,17)(H,18,20). The van der Waals surface area contributed by atoms with E-state index in [-0.39, 0.29) is 12.3 Å². The summed E-state index contributed by atoms with van der Waals surface area (Å²) >= 11 is 0. The molecule has 1 aromatic heterocycles. The second-order valence-corrected chi connectivity index (χ2v) is 4.57. The van der Waals surface area contributed by atoms with Gasteiger partial charge in [-0.1, -0.05) is 18.2 Å². The van der Waals surface area contributed by atoms with Crippen LogP contribution in [0.5, 0.6) is 0 Å². The maximum Gasteiger partial charge on any atom is 0.411 e. The predicted octanol–water partition coefficient (Wildman–Crippen LogP) is 3.04. The van der Waals surface area contributed by atoms with Gasteiger partial charge in [0.1, 0.15) is 12.0 Å². The number of benzene rings is 1. The van der Waals surface area contributed by atoms with Crippen LogP contribution in [0.4, 0.5) is 22.0 Å². The van der Waals surface area contributed by atoms with E-state index in [1.807, 2.05) is 18.2 Å². The van der Waals surface area contributed by atoms with Gasteiger partial charge in [0.05, 0.1) is 11.5 Å². The Morgan fingerprint density at radius 3 is 2.65 bits per heavy atom. The highest BCUT2D eigenvalue weighted by Crippen LogP contribution is 2.11. The molecule has 120 valence electrons. The lowest BCUT2D eigenvalue weighted by atomic mass is 10.3. The van der Waals surface area contributed by atoms with E-state index < -0.39 is 11.0 Å². The number of pyridine rings is 1. The Labute approximate surface area is 132 Å². The highest BCUT2D eigenvalue weighted by molar-refractivity contribution is 5.84. The van der Waals surface area contributed by atoms with E-state index >= 15 is 0 Å². The number of hydrogen-bond donors (Lipinski definition) is 2. The summed E-state index contributed by atoms with van der Waals surface area (Å²) < 4.78 is 5.03. The van der Waals surface area contributed by atoms with Gasteiger partial charge in [0, 0.05) is 18.3 Å². The van der Waals surface area contributed by atoms with Crippen LogP contribution in [-0.4, -0.2) is 29.2 Å². The number of carbonyl (C=O) groups is 1. The van der Waals surface area contributed by atoms with Crippen LogP contribution in [0.15, 0.2) is 48.7 Å². The lowest BCUT2D eigenvalue weighted by Crippen LogP contribution is -2.16. The molecule has 0 unspecified atom stereocenters. The number of para-hydroxylation sites is 1. The molecular formula is C15H16N4O4. The Balaban J connectivity index is 1.62. The van der Waals surface area contributed by atoms with Crippen molar-refractivity contribution >= 4 is 23.3 Å². The lowest BCUT2D eigenvalue weighted by molar-refractivity contribution is -0.385. The van der Waals surface area contributed by atoms with Gasteiger partial charge in [-0.3, -0.25) is 15.4 Å². The molecule has 0 aliphatic heterocycles. The van der Waals surface area contributed by atoms with E-state index in [0.29, 0.717) is 24.5 Å². The van der Waals surface area contributed by atoms with Gasteiger partial charge in [-0.2, -0.15) is 0 Å². The fraction of sp³-hybridized carbons (Fsp3) is 0.200. The van der Waals surface area contributed by atoms with Gasteiger partial charge < -0.3 is 10.1 Å². The SMILES string of the molecule is O=C(Nc1ccccc1)OCCCNc1ccc([N+](=O)[O-])cn1. The molecule has 1 aromatic carbocycles. The fourth-order valence-electron chi connectivity index (χ4n) is 1.73. The highest BCUT2D eigenvalue weighted by Gasteiger charge is 2.05. The van der Waals surface area contributed by atoms with Crippen LogP contribution < -0.4 is 10.6 Å². The van der Waals surface area contributed by atoms with E-state index in [1.165, 1.54) is 18.3 Å². The van der Waals surface area contributed by atoms with Crippen molar-refractivity contribution in [1.82, 2.24) is 4.98 Å². The Morgan fingerprint density at radius 1 is 1.22 bits per heavy atom. The number of nitrogens with one attached hydrogen (secondary N) is 2. The zero-order valence-electron chi connectivity index (χ0n) is 12.3. The van der Waals surface area contributed by atoms with Gasteiger partial charge in [0.2, 0.25) is 0 Å². The van der Waals surface area contributed by atoms with Crippen molar-refractivity contribution in [2.45, 2.75) is 6.42 Å². The smallest absolute Gasteiger partial charge is 0.411 e. The molecule has 0 fully saturated rings. The minimum absolute atomic E-state index is 0.0588. The lowest BCUT2D eigenvalue weighted by Gasteiger charge is -2.08. The summed E-state index contributed by atoms with van der Waals surface area (Å²) in [5, 5.41) is 16.1. The Kier molecular flexibility index (Phi) is 5.87. The summed E-state index contributed by atoms with van der Waals surface area (Å²) in [6.45, 7) is 0.780. The van der Waals surface area contributed by atoms with Crippen molar-refractivity contribution in [3.63, 3.8) is 0 Å². The average molecular weight is 316 g/mol. The van der Waals surface area contributed by atoms with E-state index in [1.54, 1.807) is 12.1 Å². The van der Waals surface area contributed by atoms with Gasteiger partial charge in [-0.25, -0.2) is 9.78 Å². The first-order chi connectivity index (χ1) is 11.1. The molecule has 0 atom stereocenters. The average Bonchev–Trinajstić information content (AvgIpc) is 2.56. The van der Waals surface area contributed by atoms with E-state index in [9.17, 15) is 14.9 Å². The molecule has 8 nitrogen and oxygen atoms in total. The number of nitro groups is 1. The van der Waals surface area contributed by atoms with Crippen LogP contribution in [-0.2, 0) is 4.74 Å². The third kappa shape index (κ3) is 5.62. The topological polar surface area (TPSA) is 106 Å². The Morgan fingerprint density at radius 2 is 2.00 bits per heavy atom. The van der Waals surface area contributed by atoms with E-state index in [2.05, 4.69) is 15.6 Å². The quantitative estimate of drug-likeness (QED) is 0.462. The van der Waals surface area contributed by atoms with Crippen LogP contribution in [0.2, 0.25) is 0 Å². The zero-order valence-corrected chi connectivity index (χ0v) is 12.3. The molecule has 1 amide bonds. The molecule has 1 heterocycles. The number of nitrogens with zero attached hydrogens (tertiary/aromatic N) is 2. The van der Waals surface area contributed by atoms with Crippen LogP contribution in [0.25, 0.3) is 0 Å². The molecule has 0 saturated carbocycles. The van der Waals surface area contributed by atoms with Crippen LogP contribution >= 0.6 is 0 Å². The van der Waals surface area contributed by atoms with E-state index in [0.717, 1.165) is 0 Å². The molecule has 2 N–H and O–H groups in total. The second kappa shape index (κ2) is 8.32. The molecular weight excluding hydrogens is 300 g/mol. The first-order valence-corrected chi connectivity index (χ1v) is 6.98. The molecule has 0 bridgehead atoms. The second-order valence-electron chi connectivity index (χ2n) is 4.57. The van der Waals surface area contributed by atoms with Crippen molar-refractivity contribution in [1.29, 1.82) is 0 Å². The molecule has 0 spiro atoms. The van der Waals surface area contributed by atoms with Crippen molar-refractivity contribution in [2.24, 2.45) is 0 Å². The van der Waals surface area contributed by atoms with Gasteiger partial charge in [-0.15, -0.1) is 0 Å². The summed E-state index contributed by atoms with van der Waals surface area (Å²) in [4.78, 5) is 25.4.